The second-order valence-corrected chi connectivity index (χ2v) is 6.67. The number of carbonyl (C=O) groups excluding carboxylic acids is 1. The van der Waals surface area contributed by atoms with E-state index in [9.17, 15) is 4.79 Å². The molecule has 24 heavy (non-hydrogen) atoms. The van der Waals surface area contributed by atoms with Crippen LogP contribution in [0.1, 0.15) is 20.8 Å². The lowest BCUT2D eigenvalue weighted by Crippen LogP contribution is -2.26. The highest BCUT2D eigenvalue weighted by Gasteiger charge is 2.19. The van der Waals surface area contributed by atoms with E-state index in [1.807, 2.05) is 63.2 Å². The van der Waals surface area contributed by atoms with Crippen LogP contribution < -0.4 is 4.74 Å². The number of carbonyl (C=O) groups is 1. The molecule has 0 amide bonds. The minimum atomic E-state index is -0.517. The van der Waals surface area contributed by atoms with Crippen molar-refractivity contribution in [3.8, 4) is 16.9 Å². The Morgan fingerprint density at radius 1 is 0.958 bits per heavy atom. The molecule has 0 aliphatic heterocycles. The predicted molar refractivity (Wildman–Crippen MR) is 95.6 cm³/mol. The van der Waals surface area contributed by atoms with Crippen LogP contribution in [0, 0.1) is 0 Å². The van der Waals surface area contributed by atoms with E-state index >= 15 is 0 Å². The molecule has 4 heteroatoms. The molecule has 0 atom stereocenters. The standard InChI is InChI=1S/C20H21NO3/c1-20(2,3)24-19(22)21-12-11-16-13-15(7-10-18(16)21)14-5-8-17(23-4)9-6-14/h5-13H,1-4H3. The molecule has 0 bridgehead atoms. The van der Waals surface area contributed by atoms with Crippen LogP contribution in [0.4, 0.5) is 4.79 Å². The maximum atomic E-state index is 12.3. The lowest BCUT2D eigenvalue weighted by Gasteiger charge is -2.19. The predicted octanol–water partition coefficient (Wildman–Crippen LogP) is 5.10. The fraction of sp³-hybridized carbons (Fsp3) is 0.250. The number of hydrogen-bond acceptors (Lipinski definition) is 3. The van der Waals surface area contributed by atoms with E-state index in [2.05, 4.69) is 6.07 Å². The molecule has 0 aliphatic rings. The van der Waals surface area contributed by atoms with Gasteiger partial charge in [0.05, 0.1) is 12.6 Å². The van der Waals surface area contributed by atoms with Gasteiger partial charge in [-0.1, -0.05) is 18.2 Å². The van der Waals surface area contributed by atoms with Crippen molar-refractivity contribution in [3.63, 3.8) is 0 Å². The SMILES string of the molecule is COc1ccc(-c2ccc3c(ccn3C(=O)OC(C)(C)C)c2)cc1. The van der Waals surface area contributed by atoms with E-state index in [1.165, 1.54) is 0 Å². The van der Waals surface area contributed by atoms with Crippen molar-refractivity contribution in [2.24, 2.45) is 0 Å². The van der Waals surface area contributed by atoms with Crippen LogP contribution in [0.3, 0.4) is 0 Å². The summed E-state index contributed by atoms with van der Waals surface area (Å²) >= 11 is 0. The number of rotatable bonds is 2. The van der Waals surface area contributed by atoms with Crippen LogP contribution in [0.5, 0.6) is 5.75 Å². The summed E-state index contributed by atoms with van der Waals surface area (Å²) in [7, 11) is 1.65. The van der Waals surface area contributed by atoms with E-state index in [4.69, 9.17) is 9.47 Å². The lowest BCUT2D eigenvalue weighted by molar-refractivity contribution is 0.0544. The Morgan fingerprint density at radius 3 is 2.25 bits per heavy atom. The molecule has 0 saturated carbocycles. The van der Waals surface area contributed by atoms with Gasteiger partial charge in [-0.05, 0) is 62.2 Å². The first-order valence-corrected chi connectivity index (χ1v) is 7.86. The van der Waals surface area contributed by atoms with Crippen LogP contribution >= 0.6 is 0 Å². The third kappa shape index (κ3) is 3.27. The Balaban J connectivity index is 1.94. The number of aromatic nitrogens is 1. The topological polar surface area (TPSA) is 40.5 Å². The van der Waals surface area contributed by atoms with E-state index < -0.39 is 5.60 Å². The molecule has 3 rings (SSSR count). The molecule has 4 nitrogen and oxygen atoms in total. The summed E-state index contributed by atoms with van der Waals surface area (Å²) in [6, 6.07) is 15.8. The zero-order valence-corrected chi connectivity index (χ0v) is 14.4. The van der Waals surface area contributed by atoms with Crippen molar-refractivity contribution >= 4 is 17.0 Å². The Hall–Kier alpha value is -2.75. The van der Waals surface area contributed by atoms with Gasteiger partial charge < -0.3 is 9.47 Å². The maximum Gasteiger partial charge on any atom is 0.418 e. The first-order chi connectivity index (χ1) is 11.4. The molecule has 0 fully saturated rings. The Labute approximate surface area is 141 Å². The number of ether oxygens (including phenoxy) is 2. The summed E-state index contributed by atoms with van der Waals surface area (Å²) in [5, 5.41) is 0.995. The number of fused-ring (bicyclic) bond motifs is 1. The normalized spacial score (nSPS) is 11.5. The quantitative estimate of drug-likeness (QED) is 0.659. The molecule has 1 heterocycles. The zero-order chi connectivity index (χ0) is 17.3. The Kier molecular flexibility index (Phi) is 4.06. The molecule has 0 aliphatic carbocycles. The van der Waals surface area contributed by atoms with Crippen LogP contribution in [-0.4, -0.2) is 23.4 Å². The largest absolute Gasteiger partial charge is 0.497 e. The fourth-order valence-corrected chi connectivity index (χ4v) is 2.58. The van der Waals surface area contributed by atoms with Crippen molar-refractivity contribution in [2.75, 3.05) is 7.11 Å². The van der Waals surface area contributed by atoms with Gasteiger partial charge in [0, 0.05) is 11.6 Å². The first-order valence-electron chi connectivity index (χ1n) is 7.86. The van der Waals surface area contributed by atoms with Crippen LogP contribution in [-0.2, 0) is 4.74 Å². The number of methoxy groups -OCH3 is 1. The van der Waals surface area contributed by atoms with Gasteiger partial charge in [0.2, 0.25) is 0 Å². The highest BCUT2D eigenvalue weighted by Crippen LogP contribution is 2.27. The zero-order valence-electron chi connectivity index (χ0n) is 14.4. The van der Waals surface area contributed by atoms with Crippen molar-refractivity contribution < 1.29 is 14.3 Å². The number of nitrogens with zero attached hydrogens (tertiary/aromatic N) is 1. The van der Waals surface area contributed by atoms with Gasteiger partial charge in [-0.2, -0.15) is 0 Å². The minimum Gasteiger partial charge on any atom is -0.497 e. The molecule has 0 unspecified atom stereocenters. The van der Waals surface area contributed by atoms with Crippen LogP contribution in [0.25, 0.3) is 22.0 Å². The van der Waals surface area contributed by atoms with Crippen molar-refractivity contribution in [1.29, 1.82) is 0 Å². The van der Waals surface area contributed by atoms with Crippen molar-refractivity contribution in [2.45, 2.75) is 26.4 Å². The summed E-state index contributed by atoms with van der Waals surface area (Å²) < 4.78 is 12.2. The van der Waals surface area contributed by atoms with Gasteiger partial charge >= 0.3 is 6.09 Å². The van der Waals surface area contributed by atoms with E-state index in [0.29, 0.717) is 0 Å². The summed E-state index contributed by atoms with van der Waals surface area (Å²) in [4.78, 5) is 12.3. The van der Waals surface area contributed by atoms with Crippen LogP contribution in [0.2, 0.25) is 0 Å². The van der Waals surface area contributed by atoms with E-state index in [-0.39, 0.29) is 6.09 Å². The van der Waals surface area contributed by atoms with Gasteiger partial charge in [0.15, 0.2) is 0 Å². The maximum absolute atomic E-state index is 12.3. The fourth-order valence-electron chi connectivity index (χ4n) is 2.58. The van der Waals surface area contributed by atoms with Gasteiger partial charge in [-0.15, -0.1) is 0 Å². The number of hydrogen-bond donors (Lipinski definition) is 0. The van der Waals surface area contributed by atoms with Gasteiger partial charge in [-0.3, -0.25) is 4.57 Å². The van der Waals surface area contributed by atoms with E-state index in [1.54, 1.807) is 17.9 Å². The molecule has 1 aromatic heterocycles. The average Bonchev–Trinajstić information content (AvgIpc) is 2.96. The third-order valence-electron chi connectivity index (χ3n) is 3.70. The van der Waals surface area contributed by atoms with Crippen molar-refractivity contribution in [1.82, 2.24) is 4.57 Å². The second-order valence-electron chi connectivity index (χ2n) is 6.67. The monoisotopic (exact) mass is 323 g/mol. The molecular weight excluding hydrogens is 302 g/mol. The molecule has 3 aromatic rings. The molecular formula is C20H21NO3. The lowest BCUT2D eigenvalue weighted by atomic mass is 10.0. The molecule has 0 spiro atoms. The first kappa shape index (κ1) is 16.1. The summed E-state index contributed by atoms with van der Waals surface area (Å²) in [5.74, 6) is 0.830. The smallest absolute Gasteiger partial charge is 0.418 e. The highest BCUT2D eigenvalue weighted by atomic mass is 16.6. The van der Waals surface area contributed by atoms with E-state index in [0.717, 1.165) is 27.8 Å². The summed E-state index contributed by atoms with van der Waals surface area (Å²) in [6.45, 7) is 5.58. The molecule has 124 valence electrons. The van der Waals surface area contributed by atoms with Gasteiger partial charge in [0.25, 0.3) is 0 Å². The molecule has 0 radical (unpaired) electrons. The van der Waals surface area contributed by atoms with Gasteiger partial charge in [0.1, 0.15) is 11.4 Å². The Morgan fingerprint density at radius 2 is 1.62 bits per heavy atom. The molecule has 0 saturated heterocycles. The summed E-state index contributed by atoms with van der Waals surface area (Å²) in [6.07, 6.45) is 1.38. The van der Waals surface area contributed by atoms with Crippen molar-refractivity contribution in [3.05, 3.63) is 54.7 Å². The molecule has 0 N–H and O–H groups in total. The minimum absolute atomic E-state index is 0.366. The van der Waals surface area contributed by atoms with Crippen LogP contribution in [0.15, 0.2) is 54.7 Å². The second kappa shape index (κ2) is 6.04. The van der Waals surface area contributed by atoms with Gasteiger partial charge in [-0.25, -0.2) is 4.79 Å². The molecule has 2 aromatic carbocycles. The highest BCUT2D eigenvalue weighted by molar-refractivity contribution is 5.92. The summed E-state index contributed by atoms with van der Waals surface area (Å²) in [5.41, 5.74) is 2.51. The third-order valence-corrected chi connectivity index (χ3v) is 3.70. The number of benzene rings is 2. The Bertz CT molecular complexity index is 870. The average molecular weight is 323 g/mol.